The van der Waals surface area contributed by atoms with Crippen LogP contribution < -0.4 is 11.1 Å². The van der Waals surface area contributed by atoms with E-state index in [9.17, 15) is 4.79 Å². The van der Waals surface area contributed by atoms with Crippen LogP contribution in [0.3, 0.4) is 0 Å². The highest BCUT2D eigenvalue weighted by Gasteiger charge is 2.11. The average molecular weight is 248 g/mol. The summed E-state index contributed by atoms with van der Waals surface area (Å²) in [5.74, 6) is -0.239. The van der Waals surface area contributed by atoms with Gasteiger partial charge in [0.15, 0.2) is 0 Å². The van der Waals surface area contributed by atoms with Crippen molar-refractivity contribution in [3.8, 4) is 0 Å². The summed E-state index contributed by atoms with van der Waals surface area (Å²) in [6.45, 7) is 2.26. The zero-order chi connectivity index (χ0) is 12.3. The highest BCUT2D eigenvalue weighted by Crippen LogP contribution is 2.14. The van der Waals surface area contributed by atoms with Crippen LogP contribution in [0.25, 0.3) is 0 Å². The van der Waals surface area contributed by atoms with Gasteiger partial charge in [-0.25, -0.2) is 4.98 Å². The van der Waals surface area contributed by atoms with Crippen LogP contribution in [-0.4, -0.2) is 15.9 Å². The smallest absolute Gasteiger partial charge is 0.275 e. The van der Waals surface area contributed by atoms with Crippen LogP contribution >= 0.6 is 11.3 Å². The standard InChI is InChI=1S/C11H12N4OS/c1-7-2-3-13-5-8(7)15-11(16)9-6-17-10(4-12)14-9/h2-3,5-6H,4,12H2,1H3,(H,15,16). The van der Waals surface area contributed by atoms with Crippen molar-refractivity contribution in [3.63, 3.8) is 0 Å². The molecule has 0 unspecified atom stereocenters. The van der Waals surface area contributed by atoms with E-state index in [1.54, 1.807) is 17.8 Å². The molecule has 0 saturated carbocycles. The molecule has 0 aliphatic carbocycles. The van der Waals surface area contributed by atoms with Crippen LogP contribution in [0.2, 0.25) is 0 Å². The highest BCUT2D eigenvalue weighted by atomic mass is 32.1. The van der Waals surface area contributed by atoms with E-state index in [1.165, 1.54) is 11.3 Å². The minimum absolute atomic E-state index is 0.239. The first-order valence-corrected chi connectivity index (χ1v) is 5.95. The van der Waals surface area contributed by atoms with E-state index in [1.807, 2.05) is 13.0 Å². The van der Waals surface area contributed by atoms with Gasteiger partial charge < -0.3 is 11.1 Å². The van der Waals surface area contributed by atoms with Gasteiger partial charge in [0.1, 0.15) is 10.7 Å². The van der Waals surface area contributed by atoms with Crippen molar-refractivity contribution >= 4 is 22.9 Å². The molecule has 3 N–H and O–H groups in total. The number of carbonyl (C=O) groups is 1. The second kappa shape index (κ2) is 5.03. The number of nitrogens with two attached hydrogens (primary N) is 1. The van der Waals surface area contributed by atoms with Gasteiger partial charge in [-0.05, 0) is 18.6 Å². The number of anilines is 1. The molecule has 2 heterocycles. The molecule has 6 heteroatoms. The molecule has 0 saturated heterocycles. The fourth-order valence-electron chi connectivity index (χ4n) is 1.29. The summed E-state index contributed by atoms with van der Waals surface area (Å²) in [6.07, 6.45) is 3.30. The SMILES string of the molecule is Cc1ccncc1NC(=O)c1csc(CN)n1. The number of aryl methyl sites for hydroxylation is 1. The summed E-state index contributed by atoms with van der Waals surface area (Å²) in [5, 5.41) is 5.21. The summed E-state index contributed by atoms with van der Waals surface area (Å²) >= 11 is 1.38. The van der Waals surface area contributed by atoms with Crippen molar-refractivity contribution in [3.05, 3.63) is 40.1 Å². The molecule has 88 valence electrons. The van der Waals surface area contributed by atoms with E-state index in [4.69, 9.17) is 5.73 Å². The number of hydrogen-bond acceptors (Lipinski definition) is 5. The maximum absolute atomic E-state index is 11.9. The van der Waals surface area contributed by atoms with E-state index < -0.39 is 0 Å². The van der Waals surface area contributed by atoms with Crippen molar-refractivity contribution in [2.24, 2.45) is 5.73 Å². The molecule has 2 rings (SSSR count). The Morgan fingerprint density at radius 1 is 1.59 bits per heavy atom. The number of nitrogens with one attached hydrogen (secondary N) is 1. The van der Waals surface area contributed by atoms with Gasteiger partial charge in [0.2, 0.25) is 0 Å². The Morgan fingerprint density at radius 2 is 2.41 bits per heavy atom. The van der Waals surface area contributed by atoms with Gasteiger partial charge in [-0.1, -0.05) is 0 Å². The molecule has 5 nitrogen and oxygen atoms in total. The third kappa shape index (κ3) is 2.66. The molecule has 0 radical (unpaired) electrons. The van der Waals surface area contributed by atoms with Crippen LogP contribution in [0.15, 0.2) is 23.8 Å². The quantitative estimate of drug-likeness (QED) is 0.863. The fourth-order valence-corrected chi connectivity index (χ4v) is 1.94. The Hall–Kier alpha value is -1.79. The van der Waals surface area contributed by atoms with Crippen LogP contribution in [0.4, 0.5) is 5.69 Å². The lowest BCUT2D eigenvalue weighted by molar-refractivity contribution is 0.102. The maximum atomic E-state index is 11.9. The van der Waals surface area contributed by atoms with Gasteiger partial charge in [0.25, 0.3) is 5.91 Å². The predicted molar refractivity (Wildman–Crippen MR) is 66.9 cm³/mol. The minimum atomic E-state index is -0.239. The summed E-state index contributed by atoms with van der Waals surface area (Å²) in [4.78, 5) is 19.9. The van der Waals surface area contributed by atoms with Gasteiger partial charge in [-0.15, -0.1) is 11.3 Å². The number of pyridine rings is 1. The van der Waals surface area contributed by atoms with E-state index in [-0.39, 0.29) is 5.91 Å². The molecule has 0 aliphatic heterocycles. The number of rotatable bonds is 3. The molecule has 0 aromatic carbocycles. The first-order chi connectivity index (χ1) is 8.20. The number of thiazole rings is 1. The van der Waals surface area contributed by atoms with E-state index in [0.717, 1.165) is 10.6 Å². The zero-order valence-electron chi connectivity index (χ0n) is 9.30. The lowest BCUT2D eigenvalue weighted by Gasteiger charge is -2.05. The molecule has 0 fully saturated rings. The molecule has 17 heavy (non-hydrogen) atoms. The Morgan fingerprint density at radius 3 is 3.06 bits per heavy atom. The number of amides is 1. The molecule has 0 spiro atoms. The average Bonchev–Trinajstić information content (AvgIpc) is 2.81. The Kier molecular flexibility index (Phi) is 3.46. The van der Waals surface area contributed by atoms with E-state index in [2.05, 4.69) is 15.3 Å². The number of aromatic nitrogens is 2. The third-order valence-corrected chi connectivity index (χ3v) is 3.12. The molecule has 0 bridgehead atoms. The molecule has 2 aromatic rings. The minimum Gasteiger partial charge on any atom is -0.325 e. The van der Waals surface area contributed by atoms with Crippen molar-refractivity contribution < 1.29 is 4.79 Å². The summed E-state index contributed by atoms with van der Waals surface area (Å²) in [7, 11) is 0. The summed E-state index contributed by atoms with van der Waals surface area (Å²) in [5.41, 5.74) is 7.49. The van der Waals surface area contributed by atoms with Crippen molar-refractivity contribution in [2.45, 2.75) is 13.5 Å². The van der Waals surface area contributed by atoms with Crippen molar-refractivity contribution in [1.82, 2.24) is 9.97 Å². The number of hydrogen-bond donors (Lipinski definition) is 2. The topological polar surface area (TPSA) is 80.9 Å². The summed E-state index contributed by atoms with van der Waals surface area (Å²) < 4.78 is 0. The van der Waals surface area contributed by atoms with E-state index >= 15 is 0 Å². The molecular formula is C11H12N4OS. The second-order valence-corrected chi connectivity index (χ2v) is 4.42. The monoisotopic (exact) mass is 248 g/mol. The third-order valence-electron chi connectivity index (χ3n) is 2.25. The fraction of sp³-hybridized carbons (Fsp3) is 0.182. The van der Waals surface area contributed by atoms with Gasteiger partial charge in [0.05, 0.1) is 11.9 Å². The van der Waals surface area contributed by atoms with Gasteiger partial charge in [0, 0.05) is 18.1 Å². The molecule has 1 amide bonds. The second-order valence-electron chi connectivity index (χ2n) is 3.48. The predicted octanol–water partition coefficient (Wildman–Crippen LogP) is 1.56. The van der Waals surface area contributed by atoms with E-state index in [0.29, 0.717) is 17.9 Å². The summed E-state index contributed by atoms with van der Waals surface area (Å²) in [6, 6.07) is 1.84. The first-order valence-electron chi connectivity index (χ1n) is 5.07. The van der Waals surface area contributed by atoms with Crippen LogP contribution in [0.1, 0.15) is 21.1 Å². The van der Waals surface area contributed by atoms with Crippen molar-refractivity contribution in [1.29, 1.82) is 0 Å². The number of carbonyl (C=O) groups excluding carboxylic acids is 1. The van der Waals surface area contributed by atoms with Gasteiger partial charge in [-0.3, -0.25) is 9.78 Å². The first kappa shape index (κ1) is 11.7. The zero-order valence-corrected chi connectivity index (χ0v) is 10.1. The van der Waals surface area contributed by atoms with Gasteiger partial charge >= 0.3 is 0 Å². The largest absolute Gasteiger partial charge is 0.325 e. The highest BCUT2D eigenvalue weighted by molar-refractivity contribution is 7.09. The van der Waals surface area contributed by atoms with Crippen molar-refractivity contribution in [2.75, 3.05) is 5.32 Å². The number of nitrogens with zero attached hydrogens (tertiary/aromatic N) is 2. The van der Waals surface area contributed by atoms with Crippen LogP contribution in [0, 0.1) is 6.92 Å². The maximum Gasteiger partial charge on any atom is 0.275 e. The Labute approximate surface area is 103 Å². The van der Waals surface area contributed by atoms with Gasteiger partial charge in [-0.2, -0.15) is 0 Å². The lowest BCUT2D eigenvalue weighted by atomic mass is 10.2. The van der Waals surface area contributed by atoms with Crippen LogP contribution in [-0.2, 0) is 6.54 Å². The molecule has 2 aromatic heterocycles. The molecule has 0 atom stereocenters. The normalized spacial score (nSPS) is 10.2. The molecule has 0 aliphatic rings. The lowest BCUT2D eigenvalue weighted by Crippen LogP contribution is -2.13. The Bertz CT molecular complexity index is 538. The van der Waals surface area contributed by atoms with Crippen LogP contribution in [0.5, 0.6) is 0 Å². The molecular weight excluding hydrogens is 236 g/mol. The Balaban J connectivity index is 2.14.